The number of allylic oxidation sites excluding steroid dienone is 1. The standard InChI is InChI=1S/C20H22O2/c1-21-15-8-7-12-10-19-9-3-5-13(19)14-4-2-6-16-20(14,11-19)17(12)18(15)22-16/h4,7-8,13,16H,2-3,5-6,9-11H2,1H3/t13-,16-,19?,20+/m0/s1. The second kappa shape index (κ2) is 3.55. The highest BCUT2D eigenvalue weighted by molar-refractivity contribution is 5.66. The van der Waals surface area contributed by atoms with E-state index in [0.717, 1.165) is 17.4 Å². The third-order valence-electron chi connectivity index (χ3n) is 7.45. The fourth-order valence-corrected chi connectivity index (χ4v) is 6.93. The van der Waals surface area contributed by atoms with Crippen LogP contribution in [-0.4, -0.2) is 13.2 Å². The molecule has 0 amide bonds. The van der Waals surface area contributed by atoms with Gasteiger partial charge in [0.15, 0.2) is 11.5 Å². The molecule has 4 aliphatic carbocycles. The quantitative estimate of drug-likeness (QED) is 0.724. The van der Waals surface area contributed by atoms with E-state index in [0.29, 0.717) is 11.5 Å². The van der Waals surface area contributed by atoms with Crippen molar-refractivity contribution in [3.63, 3.8) is 0 Å². The van der Waals surface area contributed by atoms with Crippen LogP contribution in [0.15, 0.2) is 23.8 Å². The van der Waals surface area contributed by atoms with Crippen molar-refractivity contribution < 1.29 is 9.47 Å². The monoisotopic (exact) mass is 294 g/mol. The maximum atomic E-state index is 6.54. The molecule has 1 unspecified atom stereocenters. The molecule has 1 heterocycles. The molecule has 22 heavy (non-hydrogen) atoms. The van der Waals surface area contributed by atoms with Gasteiger partial charge in [0.2, 0.25) is 0 Å². The molecular weight excluding hydrogens is 272 g/mol. The maximum Gasteiger partial charge on any atom is 0.166 e. The molecule has 1 aliphatic heterocycles. The molecule has 5 aliphatic rings. The van der Waals surface area contributed by atoms with Crippen molar-refractivity contribution in [2.24, 2.45) is 11.3 Å². The Hall–Kier alpha value is -1.44. The van der Waals surface area contributed by atoms with Crippen LogP contribution in [0, 0.1) is 11.3 Å². The molecule has 2 bridgehead atoms. The molecular formula is C20H22O2. The molecule has 4 atom stereocenters. The molecule has 1 aromatic carbocycles. The van der Waals surface area contributed by atoms with Crippen LogP contribution in [0.5, 0.6) is 11.5 Å². The van der Waals surface area contributed by atoms with Gasteiger partial charge in [-0.2, -0.15) is 0 Å². The number of hydrogen-bond acceptors (Lipinski definition) is 2. The summed E-state index contributed by atoms with van der Waals surface area (Å²) >= 11 is 0. The van der Waals surface area contributed by atoms with Crippen molar-refractivity contribution in [3.05, 3.63) is 34.9 Å². The van der Waals surface area contributed by atoms with Crippen LogP contribution in [0.25, 0.3) is 0 Å². The van der Waals surface area contributed by atoms with Crippen molar-refractivity contribution >= 4 is 0 Å². The molecule has 0 N–H and O–H groups in total. The van der Waals surface area contributed by atoms with Crippen molar-refractivity contribution in [1.29, 1.82) is 0 Å². The van der Waals surface area contributed by atoms with Crippen molar-refractivity contribution in [3.8, 4) is 11.5 Å². The lowest BCUT2D eigenvalue weighted by Gasteiger charge is -2.41. The molecule has 6 rings (SSSR count). The van der Waals surface area contributed by atoms with Crippen LogP contribution >= 0.6 is 0 Å². The SMILES string of the molecule is COc1ccc2c3c1O[C@H]1CCC=C4[C@@H]5CCCC5(C2)C[C@]431. The van der Waals surface area contributed by atoms with Gasteiger partial charge in [-0.25, -0.2) is 0 Å². The van der Waals surface area contributed by atoms with Crippen LogP contribution < -0.4 is 9.47 Å². The minimum Gasteiger partial charge on any atom is -0.493 e. The fraction of sp³-hybridized carbons (Fsp3) is 0.600. The van der Waals surface area contributed by atoms with E-state index >= 15 is 0 Å². The summed E-state index contributed by atoms with van der Waals surface area (Å²) in [5.41, 5.74) is 5.58. The average Bonchev–Trinajstić information content (AvgIpc) is 3.12. The van der Waals surface area contributed by atoms with Crippen LogP contribution in [0.2, 0.25) is 0 Å². The number of methoxy groups -OCH3 is 1. The molecule has 2 spiro atoms. The van der Waals surface area contributed by atoms with Gasteiger partial charge >= 0.3 is 0 Å². The van der Waals surface area contributed by atoms with E-state index < -0.39 is 0 Å². The predicted molar refractivity (Wildman–Crippen MR) is 84.5 cm³/mol. The third-order valence-corrected chi connectivity index (χ3v) is 7.45. The molecule has 0 radical (unpaired) electrons. The first-order valence-electron chi connectivity index (χ1n) is 8.86. The van der Waals surface area contributed by atoms with E-state index in [-0.39, 0.29) is 5.41 Å². The second-order valence-corrected chi connectivity index (χ2v) is 8.11. The normalized spacial score (nSPS) is 42.5. The molecule has 2 nitrogen and oxygen atoms in total. The summed E-state index contributed by atoms with van der Waals surface area (Å²) in [6.07, 6.45) is 12.2. The summed E-state index contributed by atoms with van der Waals surface area (Å²) in [4.78, 5) is 0. The molecule has 2 saturated carbocycles. The van der Waals surface area contributed by atoms with Gasteiger partial charge in [-0.1, -0.05) is 24.1 Å². The lowest BCUT2D eigenvalue weighted by molar-refractivity contribution is 0.124. The molecule has 114 valence electrons. The van der Waals surface area contributed by atoms with Gasteiger partial charge < -0.3 is 9.47 Å². The minimum absolute atomic E-state index is 0.209. The zero-order chi connectivity index (χ0) is 14.5. The summed E-state index contributed by atoms with van der Waals surface area (Å²) in [5, 5.41) is 0. The van der Waals surface area contributed by atoms with Crippen molar-refractivity contribution in [2.45, 2.75) is 56.5 Å². The smallest absolute Gasteiger partial charge is 0.166 e. The highest BCUT2D eigenvalue weighted by Crippen LogP contribution is 2.74. The van der Waals surface area contributed by atoms with E-state index in [1.165, 1.54) is 50.5 Å². The average molecular weight is 294 g/mol. The minimum atomic E-state index is 0.209. The fourth-order valence-electron chi connectivity index (χ4n) is 6.93. The van der Waals surface area contributed by atoms with E-state index in [2.05, 4.69) is 18.2 Å². The van der Waals surface area contributed by atoms with Gasteiger partial charge in [0.25, 0.3) is 0 Å². The molecule has 2 heteroatoms. The zero-order valence-corrected chi connectivity index (χ0v) is 13.2. The molecule has 0 aromatic heterocycles. The Morgan fingerprint density at radius 3 is 3.14 bits per heavy atom. The molecule has 0 saturated heterocycles. The first kappa shape index (κ1) is 12.0. The van der Waals surface area contributed by atoms with Crippen LogP contribution in [-0.2, 0) is 11.8 Å². The third kappa shape index (κ3) is 1.06. The Kier molecular flexibility index (Phi) is 1.94. The Labute approximate surface area is 131 Å². The largest absolute Gasteiger partial charge is 0.493 e. The Morgan fingerprint density at radius 1 is 1.27 bits per heavy atom. The molecule has 2 fully saturated rings. The van der Waals surface area contributed by atoms with Crippen molar-refractivity contribution in [2.75, 3.05) is 7.11 Å². The first-order chi connectivity index (χ1) is 10.8. The summed E-state index contributed by atoms with van der Waals surface area (Å²) < 4.78 is 12.2. The topological polar surface area (TPSA) is 18.5 Å². The van der Waals surface area contributed by atoms with Gasteiger partial charge in [0.1, 0.15) is 6.10 Å². The van der Waals surface area contributed by atoms with Crippen LogP contribution in [0.3, 0.4) is 0 Å². The summed E-state index contributed by atoms with van der Waals surface area (Å²) in [6.45, 7) is 0. The van der Waals surface area contributed by atoms with Crippen LogP contribution in [0.4, 0.5) is 0 Å². The number of ether oxygens (including phenoxy) is 2. The lowest BCUT2D eigenvalue weighted by Crippen LogP contribution is -2.43. The van der Waals surface area contributed by atoms with Crippen molar-refractivity contribution in [1.82, 2.24) is 0 Å². The second-order valence-electron chi connectivity index (χ2n) is 8.11. The summed E-state index contributed by atoms with van der Waals surface area (Å²) in [6, 6.07) is 4.47. The van der Waals surface area contributed by atoms with Gasteiger partial charge in [-0.05, 0) is 61.5 Å². The Bertz CT molecular complexity index is 733. The van der Waals surface area contributed by atoms with E-state index in [4.69, 9.17) is 9.47 Å². The summed E-state index contributed by atoms with van der Waals surface area (Å²) in [5.74, 6) is 2.84. The number of rotatable bonds is 1. The van der Waals surface area contributed by atoms with E-state index in [1.807, 2.05) is 0 Å². The van der Waals surface area contributed by atoms with Gasteiger partial charge in [0.05, 0.1) is 12.5 Å². The Balaban J connectivity index is 1.71. The highest BCUT2D eigenvalue weighted by atomic mass is 16.5. The summed E-state index contributed by atoms with van der Waals surface area (Å²) in [7, 11) is 1.77. The molecule has 1 aromatic rings. The van der Waals surface area contributed by atoms with E-state index in [9.17, 15) is 0 Å². The highest BCUT2D eigenvalue weighted by Gasteiger charge is 2.69. The Morgan fingerprint density at radius 2 is 2.23 bits per heavy atom. The van der Waals surface area contributed by atoms with Gasteiger partial charge in [-0.15, -0.1) is 0 Å². The number of fused-ring (bicyclic) bond motifs is 1. The van der Waals surface area contributed by atoms with Crippen LogP contribution in [0.1, 0.15) is 49.7 Å². The lowest BCUT2D eigenvalue weighted by atomic mass is 9.61. The number of hydrogen-bond donors (Lipinski definition) is 0. The number of benzene rings is 1. The van der Waals surface area contributed by atoms with Gasteiger partial charge in [-0.3, -0.25) is 0 Å². The zero-order valence-electron chi connectivity index (χ0n) is 13.2. The van der Waals surface area contributed by atoms with E-state index in [1.54, 1.807) is 18.2 Å². The van der Waals surface area contributed by atoms with Gasteiger partial charge in [0, 0.05) is 5.56 Å². The maximum absolute atomic E-state index is 6.54. The first-order valence-corrected chi connectivity index (χ1v) is 8.86. The predicted octanol–water partition coefficient (Wildman–Crippen LogP) is 4.16.